The smallest absolute Gasteiger partial charge is 0.141 e. The SMILES string of the molecule is c1ccc2c(c1)Cc1ccc3c(c1-2)-c1c(cc2c4c1Cc1cccnc1N4c1ccccc1C2)C3. The Morgan fingerprint density at radius 1 is 0.543 bits per heavy atom. The van der Waals surface area contributed by atoms with Crippen LogP contribution in [0.5, 0.6) is 0 Å². The van der Waals surface area contributed by atoms with E-state index in [4.69, 9.17) is 4.98 Å². The molecule has 0 unspecified atom stereocenters. The zero-order valence-electron chi connectivity index (χ0n) is 19.3. The molecule has 5 aromatic rings. The molecule has 2 aliphatic carbocycles. The molecule has 0 amide bonds. The van der Waals surface area contributed by atoms with Crippen LogP contribution in [0.25, 0.3) is 22.3 Å². The molecule has 35 heavy (non-hydrogen) atoms. The summed E-state index contributed by atoms with van der Waals surface area (Å²) in [5.41, 5.74) is 20.1. The van der Waals surface area contributed by atoms with Crippen molar-refractivity contribution in [2.45, 2.75) is 25.7 Å². The first-order valence-electron chi connectivity index (χ1n) is 12.6. The van der Waals surface area contributed by atoms with Gasteiger partial charge in [0.25, 0.3) is 0 Å². The van der Waals surface area contributed by atoms with Gasteiger partial charge >= 0.3 is 0 Å². The number of fused-ring (bicyclic) bond motifs is 12. The molecule has 9 rings (SSSR count). The van der Waals surface area contributed by atoms with Crippen molar-refractivity contribution in [2.75, 3.05) is 4.90 Å². The highest BCUT2D eigenvalue weighted by Crippen LogP contribution is 2.57. The molecule has 0 fully saturated rings. The number of rotatable bonds is 0. The van der Waals surface area contributed by atoms with Crippen LogP contribution < -0.4 is 4.90 Å². The van der Waals surface area contributed by atoms with Gasteiger partial charge in [0.05, 0.1) is 11.4 Å². The van der Waals surface area contributed by atoms with Crippen LogP contribution >= 0.6 is 0 Å². The molecule has 0 N–H and O–H groups in total. The van der Waals surface area contributed by atoms with Gasteiger partial charge in [0.1, 0.15) is 5.82 Å². The second kappa shape index (κ2) is 6.28. The lowest BCUT2D eigenvalue weighted by molar-refractivity contribution is 0.979. The van der Waals surface area contributed by atoms with Crippen LogP contribution in [-0.2, 0) is 25.7 Å². The molecular weight excluding hydrogens is 424 g/mol. The fourth-order valence-corrected chi connectivity index (χ4v) is 7.18. The van der Waals surface area contributed by atoms with E-state index in [9.17, 15) is 0 Å². The zero-order valence-corrected chi connectivity index (χ0v) is 19.3. The van der Waals surface area contributed by atoms with Crippen molar-refractivity contribution < 1.29 is 0 Å². The molecule has 2 aliphatic heterocycles. The van der Waals surface area contributed by atoms with Crippen molar-refractivity contribution >= 4 is 17.2 Å². The molecule has 0 bridgehead atoms. The largest absolute Gasteiger partial charge is 0.294 e. The van der Waals surface area contributed by atoms with E-state index in [0.29, 0.717) is 0 Å². The van der Waals surface area contributed by atoms with E-state index in [1.165, 1.54) is 78.1 Å². The zero-order chi connectivity index (χ0) is 22.7. The normalized spacial score (nSPS) is 14.9. The first-order valence-corrected chi connectivity index (χ1v) is 12.6. The van der Waals surface area contributed by atoms with E-state index in [-0.39, 0.29) is 0 Å². The summed E-state index contributed by atoms with van der Waals surface area (Å²) in [5.74, 6) is 1.09. The van der Waals surface area contributed by atoms with Gasteiger partial charge in [0.2, 0.25) is 0 Å². The number of hydrogen-bond acceptors (Lipinski definition) is 2. The van der Waals surface area contributed by atoms with Crippen molar-refractivity contribution in [1.29, 1.82) is 0 Å². The maximum atomic E-state index is 4.90. The van der Waals surface area contributed by atoms with Crippen molar-refractivity contribution in [3.63, 3.8) is 0 Å². The van der Waals surface area contributed by atoms with Crippen LogP contribution in [0.3, 0.4) is 0 Å². The van der Waals surface area contributed by atoms with Crippen LogP contribution in [0.4, 0.5) is 17.2 Å². The van der Waals surface area contributed by atoms with Gasteiger partial charge in [-0.05, 0) is 91.7 Å². The predicted octanol–water partition coefficient (Wildman–Crippen LogP) is 7.50. The number of nitrogens with zero attached hydrogens (tertiary/aromatic N) is 2. The maximum Gasteiger partial charge on any atom is 0.141 e. The molecule has 0 spiro atoms. The third-order valence-corrected chi connectivity index (χ3v) is 8.52. The van der Waals surface area contributed by atoms with E-state index in [1.54, 1.807) is 0 Å². The molecule has 164 valence electrons. The van der Waals surface area contributed by atoms with Crippen LogP contribution in [-0.4, -0.2) is 4.98 Å². The Morgan fingerprint density at radius 2 is 1.29 bits per heavy atom. The molecule has 2 heteroatoms. The van der Waals surface area contributed by atoms with Crippen LogP contribution in [0.1, 0.15) is 44.5 Å². The lowest BCUT2D eigenvalue weighted by atomic mass is 9.82. The average molecular weight is 447 g/mol. The third kappa shape index (κ3) is 2.23. The minimum absolute atomic E-state index is 0.943. The van der Waals surface area contributed by atoms with Gasteiger partial charge in [0.15, 0.2) is 0 Å². The quantitative estimate of drug-likeness (QED) is 0.240. The molecule has 0 atom stereocenters. The van der Waals surface area contributed by atoms with Crippen LogP contribution in [0.2, 0.25) is 0 Å². The van der Waals surface area contributed by atoms with Gasteiger partial charge in [-0.2, -0.15) is 0 Å². The van der Waals surface area contributed by atoms with E-state index in [1.807, 2.05) is 6.20 Å². The van der Waals surface area contributed by atoms with Gasteiger partial charge in [0, 0.05) is 19.0 Å². The lowest BCUT2D eigenvalue weighted by Gasteiger charge is -2.39. The summed E-state index contributed by atoms with van der Waals surface area (Å²) in [6, 6.07) is 29.5. The Kier molecular flexibility index (Phi) is 3.27. The monoisotopic (exact) mass is 446 g/mol. The van der Waals surface area contributed by atoms with Crippen molar-refractivity contribution in [3.8, 4) is 22.3 Å². The molecule has 1 aromatic heterocycles. The highest BCUT2D eigenvalue weighted by atomic mass is 15.2. The van der Waals surface area contributed by atoms with E-state index < -0.39 is 0 Å². The summed E-state index contributed by atoms with van der Waals surface area (Å²) in [5, 5.41) is 0. The second-order valence-electron chi connectivity index (χ2n) is 10.3. The summed E-state index contributed by atoms with van der Waals surface area (Å²) < 4.78 is 0. The fourth-order valence-electron chi connectivity index (χ4n) is 7.18. The molecule has 2 nitrogen and oxygen atoms in total. The topological polar surface area (TPSA) is 16.1 Å². The van der Waals surface area contributed by atoms with Gasteiger partial charge in [-0.1, -0.05) is 66.7 Å². The Bertz CT molecular complexity index is 1750. The van der Waals surface area contributed by atoms with Gasteiger partial charge in [-0.3, -0.25) is 4.90 Å². The second-order valence-corrected chi connectivity index (χ2v) is 10.3. The fraction of sp³-hybridized carbons (Fsp3) is 0.121. The molecule has 0 radical (unpaired) electrons. The highest BCUT2D eigenvalue weighted by Gasteiger charge is 2.38. The summed E-state index contributed by atoms with van der Waals surface area (Å²) in [6.45, 7) is 0. The first kappa shape index (κ1) is 18.2. The average Bonchev–Trinajstić information content (AvgIpc) is 3.46. The number of hydrogen-bond donors (Lipinski definition) is 0. The molecule has 4 aliphatic rings. The third-order valence-electron chi connectivity index (χ3n) is 8.52. The maximum absolute atomic E-state index is 4.90. The number of benzene rings is 4. The van der Waals surface area contributed by atoms with Crippen molar-refractivity contribution in [2.24, 2.45) is 0 Å². The first-order chi connectivity index (χ1) is 17.3. The molecule has 0 saturated heterocycles. The number of aromatic nitrogens is 1. The molecule has 0 saturated carbocycles. The van der Waals surface area contributed by atoms with Crippen LogP contribution in [0, 0.1) is 0 Å². The number of pyridine rings is 1. The lowest BCUT2D eigenvalue weighted by Crippen LogP contribution is -2.26. The predicted molar refractivity (Wildman–Crippen MR) is 141 cm³/mol. The minimum Gasteiger partial charge on any atom is -0.294 e. The van der Waals surface area contributed by atoms with Gasteiger partial charge in [-0.15, -0.1) is 0 Å². The number of anilines is 3. The minimum atomic E-state index is 0.943. The number of para-hydroxylation sites is 1. The Morgan fingerprint density at radius 3 is 2.23 bits per heavy atom. The highest BCUT2D eigenvalue weighted by molar-refractivity contribution is 6.01. The summed E-state index contributed by atoms with van der Waals surface area (Å²) >= 11 is 0. The van der Waals surface area contributed by atoms with Crippen LogP contribution in [0.15, 0.2) is 85.1 Å². The summed E-state index contributed by atoms with van der Waals surface area (Å²) in [7, 11) is 0. The van der Waals surface area contributed by atoms with Crippen molar-refractivity contribution in [3.05, 3.63) is 130 Å². The van der Waals surface area contributed by atoms with E-state index in [0.717, 1.165) is 31.5 Å². The summed E-state index contributed by atoms with van der Waals surface area (Å²) in [4.78, 5) is 7.35. The van der Waals surface area contributed by atoms with E-state index in [2.05, 4.69) is 83.8 Å². The van der Waals surface area contributed by atoms with Crippen molar-refractivity contribution in [1.82, 2.24) is 4.98 Å². The Labute approximate surface area is 204 Å². The molecular formula is C33H22N2. The Balaban J connectivity index is 1.38. The van der Waals surface area contributed by atoms with Gasteiger partial charge < -0.3 is 0 Å². The molecule has 3 heterocycles. The standard InChI is InChI=1S/C33H22N2/c1-3-9-26-19(6-1)14-21-11-12-22-16-24-17-25-15-20-7-2-4-10-28(20)35-32(25)27(30(24)31(22)29(21)26)18-23-8-5-13-34-33(23)35/h1-13,17H,14-16,18H2. The van der Waals surface area contributed by atoms with E-state index >= 15 is 0 Å². The Hall–Kier alpha value is -4.17. The van der Waals surface area contributed by atoms with Gasteiger partial charge in [-0.25, -0.2) is 4.98 Å². The molecule has 4 aromatic carbocycles. The summed E-state index contributed by atoms with van der Waals surface area (Å²) in [6.07, 6.45) is 5.94.